The third kappa shape index (κ3) is 5.25. The monoisotopic (exact) mass is 232 g/mol. The molecule has 2 heteroatoms. The minimum absolute atomic E-state index is 0.0813. The molecule has 1 nitrogen and oxygen atoms in total. The lowest BCUT2D eigenvalue weighted by atomic mass is 10.1. The molecule has 90 valence electrons. The van der Waals surface area contributed by atoms with Crippen LogP contribution in [0.1, 0.15) is 37.0 Å². The van der Waals surface area contributed by atoms with Crippen LogP contribution in [0.2, 0.25) is 0 Å². The Morgan fingerprint density at radius 2 is 1.82 bits per heavy atom. The minimum Gasteiger partial charge on any atom is -0.289 e. The molecule has 0 amide bonds. The van der Waals surface area contributed by atoms with E-state index in [4.69, 9.17) is 0 Å². The molecule has 1 rings (SSSR count). The summed E-state index contributed by atoms with van der Waals surface area (Å²) in [5.41, 5.74) is 1.80. The molecule has 0 aliphatic rings. The molecule has 0 atom stereocenters. The molecule has 0 fully saturated rings. The Labute approximate surface area is 102 Å². The van der Waals surface area contributed by atoms with Crippen LogP contribution in [-0.2, 0) is 0 Å². The van der Waals surface area contributed by atoms with Crippen LogP contribution in [0.25, 0.3) is 0 Å². The number of carbonyl (C=O) groups excluding carboxylic acids is 1. The van der Waals surface area contributed by atoms with Crippen LogP contribution < -0.4 is 0 Å². The first-order valence-corrected chi connectivity index (χ1v) is 5.69. The highest BCUT2D eigenvalue weighted by atomic mass is 19.1. The second-order valence-electron chi connectivity index (χ2n) is 4.13. The number of hydrogen-bond donors (Lipinski definition) is 0. The summed E-state index contributed by atoms with van der Waals surface area (Å²) >= 11 is 0. The van der Waals surface area contributed by atoms with E-state index in [2.05, 4.69) is 6.08 Å². The first kappa shape index (κ1) is 13.4. The molecule has 1 aromatic rings. The summed E-state index contributed by atoms with van der Waals surface area (Å²) in [5, 5.41) is 0. The predicted octanol–water partition coefficient (Wildman–Crippen LogP) is 4.31. The Bertz CT molecular complexity index is 423. The van der Waals surface area contributed by atoms with Crippen LogP contribution >= 0.6 is 0 Å². The first-order valence-electron chi connectivity index (χ1n) is 5.69. The highest BCUT2D eigenvalue weighted by Crippen LogP contribution is 2.05. The zero-order valence-electron chi connectivity index (χ0n) is 10.2. The average Bonchev–Trinajstić information content (AvgIpc) is 2.29. The van der Waals surface area contributed by atoms with Crippen molar-refractivity contribution in [1.29, 1.82) is 0 Å². The summed E-state index contributed by atoms with van der Waals surface area (Å²) in [7, 11) is 0. The Hall–Kier alpha value is -1.70. The lowest BCUT2D eigenvalue weighted by Crippen LogP contribution is -1.93. The summed E-state index contributed by atoms with van der Waals surface area (Å²) in [6, 6.07) is 5.59. The van der Waals surface area contributed by atoms with Crippen molar-refractivity contribution in [2.45, 2.75) is 26.7 Å². The van der Waals surface area contributed by atoms with Crippen LogP contribution in [0.15, 0.2) is 48.1 Å². The fraction of sp³-hybridized carbons (Fsp3) is 0.267. The van der Waals surface area contributed by atoms with Crippen LogP contribution in [0.5, 0.6) is 0 Å². The molecule has 0 aromatic heterocycles. The Morgan fingerprint density at radius 1 is 1.18 bits per heavy atom. The molecule has 17 heavy (non-hydrogen) atoms. The van der Waals surface area contributed by atoms with Crippen molar-refractivity contribution in [2.75, 3.05) is 0 Å². The van der Waals surface area contributed by atoms with Gasteiger partial charge in [0.1, 0.15) is 5.82 Å². The Balaban J connectivity index is 2.46. The smallest absolute Gasteiger partial charge is 0.185 e. The molecule has 0 heterocycles. The van der Waals surface area contributed by atoms with Crippen LogP contribution in [0.3, 0.4) is 0 Å². The maximum Gasteiger partial charge on any atom is 0.185 e. The fourth-order valence-electron chi connectivity index (χ4n) is 1.37. The van der Waals surface area contributed by atoms with E-state index in [1.807, 2.05) is 19.9 Å². The normalized spacial score (nSPS) is 10.5. The van der Waals surface area contributed by atoms with Gasteiger partial charge in [-0.05, 0) is 57.0 Å². The van der Waals surface area contributed by atoms with Gasteiger partial charge < -0.3 is 0 Å². The summed E-state index contributed by atoms with van der Waals surface area (Å²) in [4.78, 5) is 11.6. The van der Waals surface area contributed by atoms with E-state index in [-0.39, 0.29) is 11.6 Å². The van der Waals surface area contributed by atoms with Crippen molar-refractivity contribution in [1.82, 2.24) is 0 Å². The number of halogens is 1. The highest BCUT2D eigenvalue weighted by Gasteiger charge is 2.00. The van der Waals surface area contributed by atoms with Gasteiger partial charge in [0.15, 0.2) is 5.78 Å². The number of rotatable bonds is 5. The molecule has 0 saturated carbocycles. The van der Waals surface area contributed by atoms with E-state index >= 15 is 0 Å². The zero-order chi connectivity index (χ0) is 12.7. The van der Waals surface area contributed by atoms with E-state index in [0.717, 1.165) is 12.8 Å². The second-order valence-corrected chi connectivity index (χ2v) is 4.13. The quantitative estimate of drug-likeness (QED) is 0.320. The molecule has 0 unspecified atom stereocenters. The van der Waals surface area contributed by atoms with Gasteiger partial charge in [-0.25, -0.2) is 4.39 Å². The lowest BCUT2D eigenvalue weighted by molar-refractivity contribution is 0.104. The molecule has 1 aromatic carbocycles. The molecular weight excluding hydrogens is 215 g/mol. The van der Waals surface area contributed by atoms with E-state index in [0.29, 0.717) is 5.56 Å². The van der Waals surface area contributed by atoms with Gasteiger partial charge in [-0.2, -0.15) is 0 Å². The fourth-order valence-corrected chi connectivity index (χ4v) is 1.37. The summed E-state index contributed by atoms with van der Waals surface area (Å²) in [5.74, 6) is -0.406. The van der Waals surface area contributed by atoms with Gasteiger partial charge in [0.2, 0.25) is 0 Å². The van der Waals surface area contributed by atoms with E-state index in [9.17, 15) is 9.18 Å². The number of carbonyl (C=O) groups is 1. The molecule has 0 radical (unpaired) electrons. The standard InChI is InChI=1S/C15H17FO/c1-12(2)6-4-3-5-7-15(17)13-8-10-14(16)11-9-13/h5-11H,3-4H2,1-2H3/b7-5+. The first-order chi connectivity index (χ1) is 8.09. The van der Waals surface area contributed by atoms with Crippen LogP contribution in [0, 0.1) is 5.82 Å². The molecule has 0 saturated heterocycles. The molecular formula is C15H17FO. The third-order valence-electron chi connectivity index (χ3n) is 2.28. The third-order valence-corrected chi connectivity index (χ3v) is 2.28. The second kappa shape index (κ2) is 6.79. The van der Waals surface area contributed by atoms with Gasteiger partial charge in [0, 0.05) is 5.56 Å². The Kier molecular flexibility index (Phi) is 5.34. The van der Waals surface area contributed by atoms with Crippen molar-refractivity contribution >= 4 is 5.78 Å². The van der Waals surface area contributed by atoms with Crippen molar-refractivity contribution in [2.24, 2.45) is 0 Å². The molecule has 0 bridgehead atoms. The summed E-state index contributed by atoms with van der Waals surface area (Å²) < 4.78 is 12.6. The van der Waals surface area contributed by atoms with Crippen LogP contribution in [-0.4, -0.2) is 5.78 Å². The van der Waals surface area contributed by atoms with Gasteiger partial charge >= 0.3 is 0 Å². The van der Waals surface area contributed by atoms with Crippen molar-refractivity contribution in [3.63, 3.8) is 0 Å². The lowest BCUT2D eigenvalue weighted by Gasteiger charge is -1.95. The molecule has 0 aliphatic carbocycles. The molecule has 0 aliphatic heterocycles. The van der Waals surface area contributed by atoms with Gasteiger partial charge in [-0.15, -0.1) is 0 Å². The predicted molar refractivity (Wildman–Crippen MR) is 68.5 cm³/mol. The largest absolute Gasteiger partial charge is 0.289 e. The summed E-state index contributed by atoms with van der Waals surface area (Å²) in [6.45, 7) is 4.10. The van der Waals surface area contributed by atoms with Gasteiger partial charge in [0.05, 0.1) is 0 Å². The van der Waals surface area contributed by atoms with Crippen molar-refractivity contribution in [3.05, 3.63) is 59.4 Å². The van der Waals surface area contributed by atoms with Gasteiger partial charge in [0.25, 0.3) is 0 Å². The topological polar surface area (TPSA) is 17.1 Å². The van der Waals surface area contributed by atoms with E-state index in [1.54, 1.807) is 6.08 Å². The zero-order valence-corrected chi connectivity index (χ0v) is 10.2. The van der Waals surface area contributed by atoms with Gasteiger partial charge in [-0.1, -0.05) is 17.7 Å². The summed E-state index contributed by atoms with van der Waals surface area (Å²) in [6.07, 6.45) is 7.32. The number of benzene rings is 1. The average molecular weight is 232 g/mol. The van der Waals surface area contributed by atoms with E-state index in [1.165, 1.54) is 29.8 Å². The minimum atomic E-state index is -0.325. The Morgan fingerprint density at radius 3 is 2.41 bits per heavy atom. The van der Waals surface area contributed by atoms with Crippen molar-refractivity contribution < 1.29 is 9.18 Å². The highest BCUT2D eigenvalue weighted by molar-refractivity contribution is 6.04. The number of unbranched alkanes of at least 4 members (excludes halogenated alkanes) is 1. The SMILES string of the molecule is CC(C)=CCC/C=C/C(=O)c1ccc(F)cc1. The van der Waals surface area contributed by atoms with Crippen LogP contribution in [0.4, 0.5) is 4.39 Å². The number of hydrogen-bond acceptors (Lipinski definition) is 1. The van der Waals surface area contributed by atoms with E-state index < -0.39 is 0 Å². The maximum absolute atomic E-state index is 12.6. The maximum atomic E-state index is 12.6. The van der Waals surface area contributed by atoms with Crippen molar-refractivity contribution in [3.8, 4) is 0 Å². The number of allylic oxidation sites excluding steroid dienone is 4. The number of ketones is 1. The van der Waals surface area contributed by atoms with Gasteiger partial charge in [-0.3, -0.25) is 4.79 Å². The molecule has 0 spiro atoms. The molecule has 0 N–H and O–H groups in total.